The Morgan fingerprint density at radius 1 is 1.17 bits per heavy atom. The number of rotatable bonds is 5. The molecular formula is C14H16F3N5O. The number of hydrogen-bond acceptors (Lipinski definition) is 6. The molecule has 2 rings (SSSR count). The molecular weight excluding hydrogens is 311 g/mol. The number of aryl methyl sites for hydroxylation is 1. The smallest absolute Gasteiger partial charge is 0.406 e. The van der Waals surface area contributed by atoms with Crippen molar-refractivity contribution in [1.82, 2.24) is 15.0 Å². The maximum atomic E-state index is 12.2. The van der Waals surface area contributed by atoms with Crippen molar-refractivity contribution in [2.75, 3.05) is 11.1 Å². The van der Waals surface area contributed by atoms with Crippen molar-refractivity contribution in [2.45, 2.75) is 32.7 Å². The highest BCUT2D eigenvalue weighted by atomic mass is 19.4. The fourth-order valence-corrected chi connectivity index (χ4v) is 2.05. The Morgan fingerprint density at radius 2 is 1.83 bits per heavy atom. The zero-order chi connectivity index (χ0) is 17.0. The van der Waals surface area contributed by atoms with Gasteiger partial charge in [-0.2, -0.15) is 15.0 Å². The average Bonchev–Trinajstić information content (AvgIpc) is 2.43. The molecule has 3 N–H and O–H groups in total. The first kappa shape index (κ1) is 16.8. The Balaban J connectivity index is 2.14. The van der Waals surface area contributed by atoms with Crippen LogP contribution in [0.25, 0.3) is 0 Å². The maximum absolute atomic E-state index is 12.2. The van der Waals surface area contributed by atoms with Gasteiger partial charge in [0, 0.05) is 0 Å². The molecule has 0 saturated heterocycles. The molecule has 1 heterocycles. The molecule has 1 aromatic heterocycles. The third kappa shape index (κ3) is 4.97. The summed E-state index contributed by atoms with van der Waals surface area (Å²) >= 11 is 0. The number of hydrogen-bond donors (Lipinski definition) is 2. The first-order valence-electron chi connectivity index (χ1n) is 6.87. The van der Waals surface area contributed by atoms with Gasteiger partial charge in [-0.25, -0.2) is 0 Å². The number of nitrogen functional groups attached to an aromatic ring is 1. The maximum Gasteiger partial charge on any atom is 0.573 e. The summed E-state index contributed by atoms with van der Waals surface area (Å²) in [5, 5.41) is 3.09. The molecule has 1 atom stereocenters. The Morgan fingerprint density at radius 3 is 2.35 bits per heavy atom. The third-order valence-electron chi connectivity index (χ3n) is 2.99. The summed E-state index contributed by atoms with van der Waals surface area (Å²) in [6.45, 7) is 3.61. The van der Waals surface area contributed by atoms with Crippen LogP contribution < -0.4 is 15.8 Å². The van der Waals surface area contributed by atoms with E-state index in [1.807, 2.05) is 6.92 Å². The van der Waals surface area contributed by atoms with Crippen LogP contribution in [-0.2, 0) is 0 Å². The van der Waals surface area contributed by atoms with Gasteiger partial charge in [0.1, 0.15) is 11.6 Å². The summed E-state index contributed by atoms with van der Waals surface area (Å²) in [5.74, 6) is 0.626. The zero-order valence-electron chi connectivity index (χ0n) is 12.6. The van der Waals surface area contributed by atoms with Crippen LogP contribution in [-0.4, -0.2) is 21.3 Å². The lowest BCUT2D eigenvalue weighted by Gasteiger charge is -2.18. The lowest BCUT2D eigenvalue weighted by molar-refractivity contribution is -0.274. The first-order valence-corrected chi connectivity index (χ1v) is 6.87. The van der Waals surface area contributed by atoms with Gasteiger partial charge >= 0.3 is 6.36 Å². The fourth-order valence-electron chi connectivity index (χ4n) is 2.05. The van der Waals surface area contributed by atoms with E-state index in [0.29, 0.717) is 18.2 Å². The number of nitrogens with zero attached hydrogens (tertiary/aromatic N) is 3. The van der Waals surface area contributed by atoms with Crippen LogP contribution in [0.15, 0.2) is 24.3 Å². The minimum Gasteiger partial charge on any atom is -0.406 e. The molecule has 0 radical (unpaired) electrons. The molecule has 0 aliphatic carbocycles. The summed E-state index contributed by atoms with van der Waals surface area (Å²) in [5.41, 5.74) is 6.35. The highest BCUT2D eigenvalue weighted by Gasteiger charge is 2.31. The van der Waals surface area contributed by atoms with Gasteiger partial charge in [-0.1, -0.05) is 19.1 Å². The van der Waals surface area contributed by atoms with Crippen LogP contribution in [0.5, 0.6) is 5.75 Å². The van der Waals surface area contributed by atoms with E-state index in [9.17, 15) is 13.2 Å². The molecule has 0 spiro atoms. The number of alkyl halides is 3. The highest BCUT2D eigenvalue weighted by Crippen LogP contribution is 2.26. The molecule has 0 fully saturated rings. The van der Waals surface area contributed by atoms with Gasteiger partial charge < -0.3 is 15.8 Å². The van der Waals surface area contributed by atoms with Crippen LogP contribution >= 0.6 is 0 Å². The quantitative estimate of drug-likeness (QED) is 0.877. The second-order valence-corrected chi connectivity index (χ2v) is 4.79. The van der Waals surface area contributed by atoms with E-state index in [-0.39, 0.29) is 17.7 Å². The Labute approximate surface area is 130 Å². The van der Waals surface area contributed by atoms with Gasteiger partial charge in [-0.05, 0) is 31.0 Å². The second kappa shape index (κ2) is 6.67. The molecule has 2 aromatic rings. The minimum absolute atomic E-state index is 0.101. The molecule has 1 unspecified atom stereocenters. The molecule has 0 aliphatic heterocycles. The lowest BCUT2D eigenvalue weighted by Crippen LogP contribution is -2.17. The number of nitrogens with two attached hydrogens (primary N) is 1. The number of halogens is 3. The summed E-state index contributed by atoms with van der Waals surface area (Å²) in [6, 6.07) is 5.45. The normalized spacial score (nSPS) is 12.7. The molecule has 6 nitrogen and oxygen atoms in total. The van der Waals surface area contributed by atoms with Gasteiger partial charge in [-0.3, -0.25) is 0 Å². The highest BCUT2D eigenvalue weighted by molar-refractivity contribution is 5.37. The predicted molar refractivity (Wildman–Crippen MR) is 78.8 cm³/mol. The van der Waals surface area contributed by atoms with Gasteiger partial charge in [0.2, 0.25) is 11.9 Å². The second-order valence-electron chi connectivity index (χ2n) is 4.79. The molecule has 9 heteroatoms. The van der Waals surface area contributed by atoms with E-state index < -0.39 is 6.36 Å². The molecule has 0 bridgehead atoms. The van der Waals surface area contributed by atoms with Crippen molar-refractivity contribution in [2.24, 2.45) is 0 Å². The molecule has 0 saturated carbocycles. The molecule has 0 aliphatic rings. The van der Waals surface area contributed by atoms with E-state index >= 15 is 0 Å². The van der Waals surface area contributed by atoms with E-state index in [1.165, 1.54) is 12.1 Å². The van der Waals surface area contributed by atoms with Crippen molar-refractivity contribution < 1.29 is 17.9 Å². The fraction of sp³-hybridized carbons (Fsp3) is 0.357. The van der Waals surface area contributed by atoms with Crippen molar-refractivity contribution in [1.29, 1.82) is 0 Å². The SMILES string of the molecule is CCC(Nc1nc(C)nc(N)n1)c1ccc(OC(F)(F)F)cc1. The number of aromatic nitrogens is 3. The van der Waals surface area contributed by atoms with Crippen molar-refractivity contribution in [3.8, 4) is 5.75 Å². The zero-order valence-corrected chi connectivity index (χ0v) is 12.6. The summed E-state index contributed by atoms with van der Waals surface area (Å²) in [6.07, 6.45) is -4.03. The van der Waals surface area contributed by atoms with E-state index in [0.717, 1.165) is 5.56 Å². The van der Waals surface area contributed by atoms with E-state index in [2.05, 4.69) is 25.0 Å². The monoisotopic (exact) mass is 327 g/mol. The number of anilines is 2. The summed E-state index contributed by atoms with van der Waals surface area (Å²) in [4.78, 5) is 12.0. The molecule has 1 aromatic carbocycles. The number of ether oxygens (including phenoxy) is 1. The van der Waals surface area contributed by atoms with Crippen LogP contribution in [0.3, 0.4) is 0 Å². The summed E-state index contributed by atoms with van der Waals surface area (Å²) < 4.78 is 40.3. The predicted octanol–water partition coefficient (Wildman–Crippen LogP) is 3.22. The number of benzene rings is 1. The van der Waals surface area contributed by atoms with Crippen LogP contribution in [0.2, 0.25) is 0 Å². The summed E-state index contributed by atoms with van der Waals surface area (Å²) in [7, 11) is 0. The van der Waals surface area contributed by atoms with Crippen LogP contribution in [0.1, 0.15) is 30.8 Å². The Kier molecular flexibility index (Phi) is 4.87. The Hall–Kier alpha value is -2.58. The van der Waals surface area contributed by atoms with E-state index in [4.69, 9.17) is 5.73 Å². The minimum atomic E-state index is -4.70. The van der Waals surface area contributed by atoms with Gasteiger partial charge in [0.25, 0.3) is 0 Å². The largest absolute Gasteiger partial charge is 0.573 e. The van der Waals surface area contributed by atoms with Gasteiger partial charge in [0.15, 0.2) is 0 Å². The van der Waals surface area contributed by atoms with Gasteiger partial charge in [0.05, 0.1) is 6.04 Å². The van der Waals surface area contributed by atoms with Crippen LogP contribution in [0.4, 0.5) is 25.1 Å². The van der Waals surface area contributed by atoms with E-state index in [1.54, 1.807) is 19.1 Å². The van der Waals surface area contributed by atoms with Gasteiger partial charge in [-0.15, -0.1) is 13.2 Å². The third-order valence-corrected chi connectivity index (χ3v) is 2.99. The van der Waals surface area contributed by atoms with Crippen molar-refractivity contribution in [3.63, 3.8) is 0 Å². The van der Waals surface area contributed by atoms with Crippen molar-refractivity contribution >= 4 is 11.9 Å². The van der Waals surface area contributed by atoms with Crippen LogP contribution in [0, 0.1) is 6.92 Å². The van der Waals surface area contributed by atoms with Crippen molar-refractivity contribution in [3.05, 3.63) is 35.7 Å². The molecule has 124 valence electrons. The topological polar surface area (TPSA) is 86.0 Å². The number of nitrogens with one attached hydrogen (secondary N) is 1. The molecule has 0 amide bonds. The molecule has 23 heavy (non-hydrogen) atoms. The standard InChI is InChI=1S/C14H16F3N5O/c1-3-11(21-13-20-8(2)19-12(18)22-13)9-4-6-10(7-5-9)23-14(15,16)17/h4-7,11H,3H2,1-2H3,(H3,18,19,20,21,22). The Bertz CT molecular complexity index is 640. The first-order chi connectivity index (χ1) is 10.8. The lowest BCUT2D eigenvalue weighted by atomic mass is 10.0. The average molecular weight is 327 g/mol.